The summed E-state index contributed by atoms with van der Waals surface area (Å²) < 4.78 is 5.28. The first-order valence-electron chi connectivity index (χ1n) is 14.1. The Kier molecular flexibility index (Phi) is 10.7. The Morgan fingerprint density at radius 3 is 2.33 bits per heavy atom. The lowest BCUT2D eigenvalue weighted by Gasteiger charge is -2.34. The van der Waals surface area contributed by atoms with Crippen molar-refractivity contribution in [3.05, 3.63) is 94.0 Å². The predicted octanol–water partition coefficient (Wildman–Crippen LogP) is 7.55. The Balaban J connectivity index is 1.30. The molecule has 40 heavy (non-hydrogen) atoms. The highest BCUT2D eigenvalue weighted by Gasteiger charge is 2.30. The molecule has 4 rings (SSSR count). The lowest BCUT2D eigenvalue weighted by atomic mass is 9.76. The highest BCUT2D eigenvalue weighted by molar-refractivity contribution is 6.31. The Morgan fingerprint density at radius 1 is 0.975 bits per heavy atom. The normalized spacial score (nSPS) is 15.8. The van der Waals surface area contributed by atoms with Crippen molar-refractivity contribution < 1.29 is 14.3 Å². The molecule has 3 aromatic rings. The minimum absolute atomic E-state index is 0.108. The molecule has 0 bridgehead atoms. The summed E-state index contributed by atoms with van der Waals surface area (Å²) >= 11 is 12.3. The van der Waals surface area contributed by atoms with Crippen molar-refractivity contribution in [1.29, 1.82) is 0 Å². The molecule has 1 saturated heterocycles. The Hall–Kier alpha value is -2.86. The largest absolute Gasteiger partial charge is 0.466 e. The molecule has 1 fully saturated rings. The number of piperidine rings is 1. The second kappa shape index (κ2) is 14.2. The Morgan fingerprint density at radius 2 is 1.65 bits per heavy atom. The number of esters is 1. The second-order valence-electron chi connectivity index (χ2n) is 10.8. The highest BCUT2D eigenvalue weighted by atomic mass is 35.5. The molecule has 1 unspecified atom stereocenters. The number of halogens is 2. The van der Waals surface area contributed by atoms with Crippen molar-refractivity contribution in [2.75, 3.05) is 26.2 Å². The molecule has 5 nitrogen and oxygen atoms in total. The third-order valence-electron chi connectivity index (χ3n) is 7.82. The molecule has 0 spiro atoms. The third-order valence-corrected chi connectivity index (χ3v) is 8.30. The summed E-state index contributed by atoms with van der Waals surface area (Å²) in [7, 11) is 0. The van der Waals surface area contributed by atoms with Gasteiger partial charge in [-0.05, 0) is 80.1 Å². The van der Waals surface area contributed by atoms with Gasteiger partial charge in [0.1, 0.15) is 0 Å². The number of carbonyl (C=O) groups is 2. The van der Waals surface area contributed by atoms with Gasteiger partial charge in [-0.2, -0.15) is 0 Å². The highest BCUT2D eigenvalue weighted by Crippen LogP contribution is 2.33. The average molecular weight is 582 g/mol. The molecule has 1 amide bonds. The zero-order valence-corrected chi connectivity index (χ0v) is 24.8. The van der Waals surface area contributed by atoms with Crippen LogP contribution in [0.1, 0.15) is 61.9 Å². The van der Waals surface area contributed by atoms with Crippen LogP contribution in [0, 0.1) is 0 Å². The van der Waals surface area contributed by atoms with E-state index in [1.165, 1.54) is 5.56 Å². The molecule has 0 aromatic heterocycles. The maximum absolute atomic E-state index is 13.3. The van der Waals surface area contributed by atoms with Crippen LogP contribution in [0.5, 0.6) is 0 Å². The van der Waals surface area contributed by atoms with Gasteiger partial charge in [0.15, 0.2) is 0 Å². The summed E-state index contributed by atoms with van der Waals surface area (Å²) in [6, 6.07) is 23.3. The van der Waals surface area contributed by atoms with Crippen LogP contribution >= 0.6 is 23.2 Å². The van der Waals surface area contributed by atoms with Gasteiger partial charge < -0.3 is 15.0 Å². The van der Waals surface area contributed by atoms with Gasteiger partial charge in [0.2, 0.25) is 0 Å². The zero-order valence-electron chi connectivity index (χ0n) is 23.3. The number of hydrogen-bond acceptors (Lipinski definition) is 4. The molecule has 0 aliphatic carbocycles. The minimum atomic E-state index is -0.265. The van der Waals surface area contributed by atoms with Gasteiger partial charge in [-0.3, -0.25) is 9.59 Å². The maximum Gasteiger partial charge on any atom is 0.306 e. The number of nitrogens with one attached hydrogen (secondary N) is 1. The maximum atomic E-state index is 13.3. The second-order valence-corrected chi connectivity index (χ2v) is 11.7. The number of amides is 1. The van der Waals surface area contributed by atoms with Gasteiger partial charge in [0, 0.05) is 40.2 Å². The van der Waals surface area contributed by atoms with E-state index >= 15 is 0 Å². The zero-order chi connectivity index (χ0) is 28.5. The van der Waals surface area contributed by atoms with Crippen molar-refractivity contribution in [2.24, 2.45) is 0 Å². The van der Waals surface area contributed by atoms with Gasteiger partial charge in [-0.25, -0.2) is 0 Å². The molecular weight excluding hydrogens is 543 g/mol. The molecule has 7 heteroatoms. The number of rotatable bonds is 11. The number of carbonyl (C=O) groups excluding carboxylic acids is 2. The van der Waals surface area contributed by atoms with E-state index < -0.39 is 0 Å². The number of ether oxygens (including phenoxy) is 1. The van der Waals surface area contributed by atoms with E-state index in [2.05, 4.69) is 29.3 Å². The SMILES string of the molecule is CCOC(=O)CC(C)(CCCN1CCC(NC(=O)c2cc(Cl)ccc2-c2ccc(Cl)cc2)CC1)c1ccccc1. The molecule has 1 aliphatic rings. The number of hydrogen-bond donors (Lipinski definition) is 1. The van der Waals surface area contributed by atoms with Crippen LogP contribution < -0.4 is 5.32 Å². The fourth-order valence-corrected chi connectivity index (χ4v) is 5.85. The number of benzene rings is 3. The van der Waals surface area contributed by atoms with Gasteiger partial charge >= 0.3 is 5.97 Å². The third kappa shape index (κ3) is 8.09. The average Bonchev–Trinajstić information content (AvgIpc) is 2.95. The molecule has 3 aromatic carbocycles. The van der Waals surface area contributed by atoms with E-state index in [0.29, 0.717) is 28.6 Å². The molecule has 1 N–H and O–H groups in total. The summed E-state index contributed by atoms with van der Waals surface area (Å²) in [6.45, 7) is 7.21. The van der Waals surface area contributed by atoms with Gasteiger partial charge in [0.25, 0.3) is 5.91 Å². The van der Waals surface area contributed by atoms with Crippen molar-refractivity contribution in [1.82, 2.24) is 10.2 Å². The summed E-state index contributed by atoms with van der Waals surface area (Å²) in [5.74, 6) is -0.257. The lowest BCUT2D eigenvalue weighted by Crippen LogP contribution is -2.45. The van der Waals surface area contributed by atoms with Crippen molar-refractivity contribution >= 4 is 35.1 Å². The van der Waals surface area contributed by atoms with E-state index in [9.17, 15) is 9.59 Å². The summed E-state index contributed by atoms with van der Waals surface area (Å²) in [5, 5.41) is 4.42. The van der Waals surface area contributed by atoms with Crippen LogP contribution in [0.3, 0.4) is 0 Å². The van der Waals surface area contributed by atoms with Crippen LogP contribution in [0.15, 0.2) is 72.8 Å². The number of nitrogens with zero attached hydrogens (tertiary/aromatic N) is 1. The molecule has 1 aliphatic heterocycles. The summed E-state index contributed by atoms with van der Waals surface area (Å²) in [6.07, 6.45) is 4.03. The molecule has 0 saturated carbocycles. The molecule has 0 radical (unpaired) electrons. The Bertz CT molecular complexity index is 1270. The van der Waals surface area contributed by atoms with Gasteiger partial charge in [-0.15, -0.1) is 0 Å². The first-order chi connectivity index (χ1) is 19.3. The van der Waals surface area contributed by atoms with E-state index in [4.69, 9.17) is 27.9 Å². The topological polar surface area (TPSA) is 58.6 Å². The van der Waals surface area contributed by atoms with Gasteiger partial charge in [0.05, 0.1) is 13.0 Å². The van der Waals surface area contributed by atoms with E-state index in [1.54, 1.807) is 12.1 Å². The van der Waals surface area contributed by atoms with Crippen LogP contribution in [0.2, 0.25) is 10.0 Å². The van der Waals surface area contributed by atoms with Gasteiger partial charge in [-0.1, -0.05) is 78.7 Å². The fraction of sp³-hybridized carbons (Fsp3) is 0.394. The first kappa shape index (κ1) is 30.1. The van der Waals surface area contributed by atoms with E-state index in [-0.39, 0.29) is 23.3 Å². The monoisotopic (exact) mass is 580 g/mol. The van der Waals surface area contributed by atoms with Crippen LogP contribution in [-0.4, -0.2) is 49.1 Å². The van der Waals surface area contributed by atoms with E-state index in [0.717, 1.165) is 56.4 Å². The van der Waals surface area contributed by atoms with Crippen molar-refractivity contribution in [2.45, 2.75) is 57.4 Å². The fourth-order valence-electron chi connectivity index (χ4n) is 5.55. The predicted molar refractivity (Wildman–Crippen MR) is 163 cm³/mol. The molecule has 1 atom stereocenters. The standard InChI is InChI=1S/C33H38Cl2N2O3/c1-3-40-31(38)23-33(2,25-8-5-4-6-9-25)18-7-19-37-20-16-28(17-21-37)36-32(39)30-22-27(35)14-15-29(30)24-10-12-26(34)13-11-24/h4-6,8-15,22,28H,3,7,16-21,23H2,1-2H3,(H,36,39). The first-order valence-corrected chi connectivity index (χ1v) is 14.8. The molecule has 212 valence electrons. The molecular formula is C33H38Cl2N2O3. The lowest BCUT2D eigenvalue weighted by molar-refractivity contribution is -0.144. The van der Waals surface area contributed by atoms with Crippen LogP contribution in [-0.2, 0) is 14.9 Å². The Labute approximate surface area is 247 Å². The van der Waals surface area contributed by atoms with Crippen LogP contribution in [0.25, 0.3) is 11.1 Å². The van der Waals surface area contributed by atoms with E-state index in [1.807, 2.05) is 55.5 Å². The number of likely N-dealkylation sites (tertiary alicyclic amines) is 1. The van der Waals surface area contributed by atoms with Crippen LogP contribution in [0.4, 0.5) is 0 Å². The van der Waals surface area contributed by atoms with Crippen molar-refractivity contribution in [3.8, 4) is 11.1 Å². The summed E-state index contributed by atoms with van der Waals surface area (Å²) in [5.41, 5.74) is 3.23. The smallest absolute Gasteiger partial charge is 0.306 e. The minimum Gasteiger partial charge on any atom is -0.466 e. The van der Waals surface area contributed by atoms with Crippen molar-refractivity contribution in [3.63, 3.8) is 0 Å². The molecule has 1 heterocycles. The summed E-state index contributed by atoms with van der Waals surface area (Å²) in [4.78, 5) is 28.1. The quantitative estimate of drug-likeness (QED) is 0.238.